The van der Waals surface area contributed by atoms with Gasteiger partial charge in [-0.15, -0.1) is 0 Å². The maximum absolute atomic E-state index is 12.1. The lowest BCUT2D eigenvalue weighted by atomic mass is 9.96. The predicted octanol–water partition coefficient (Wildman–Crippen LogP) is 2.87. The van der Waals surface area contributed by atoms with Crippen molar-refractivity contribution in [3.63, 3.8) is 0 Å². The maximum Gasteiger partial charge on any atom is 0.251 e. The summed E-state index contributed by atoms with van der Waals surface area (Å²) in [7, 11) is 0. The third-order valence-corrected chi connectivity index (χ3v) is 3.75. The zero-order valence-corrected chi connectivity index (χ0v) is 16.7. The largest absolute Gasteiger partial charge is 0.355 e. The van der Waals surface area contributed by atoms with Crippen LogP contribution in [0.4, 0.5) is 5.69 Å². The highest BCUT2D eigenvalue weighted by atomic mass is 16.2. The molecule has 0 radical (unpaired) electrons. The van der Waals surface area contributed by atoms with E-state index in [1.165, 1.54) is 0 Å². The van der Waals surface area contributed by atoms with Gasteiger partial charge in [0.1, 0.15) is 0 Å². The second-order valence-electron chi connectivity index (χ2n) is 7.94. The molecular weight excluding hydrogens is 330 g/mol. The van der Waals surface area contributed by atoms with Gasteiger partial charge in [0.15, 0.2) is 0 Å². The molecule has 6 heteroatoms. The van der Waals surface area contributed by atoms with Gasteiger partial charge in [-0.1, -0.05) is 34.6 Å². The molecule has 0 saturated heterocycles. The Morgan fingerprint density at radius 1 is 1.08 bits per heavy atom. The predicted molar refractivity (Wildman–Crippen MR) is 104 cm³/mol. The number of carbonyl (C=O) groups is 3. The van der Waals surface area contributed by atoms with Crippen molar-refractivity contribution in [1.82, 2.24) is 10.6 Å². The monoisotopic (exact) mass is 361 g/mol. The molecule has 0 bridgehead atoms. The van der Waals surface area contributed by atoms with Crippen molar-refractivity contribution in [3.05, 3.63) is 29.3 Å². The highest BCUT2D eigenvalue weighted by Crippen LogP contribution is 2.17. The summed E-state index contributed by atoms with van der Waals surface area (Å²) in [5.41, 5.74) is 1.57. The maximum atomic E-state index is 12.1. The van der Waals surface area contributed by atoms with E-state index in [1.54, 1.807) is 18.2 Å². The van der Waals surface area contributed by atoms with E-state index in [-0.39, 0.29) is 30.7 Å². The first-order valence-electron chi connectivity index (χ1n) is 8.97. The molecular formula is C20H31N3O3. The fourth-order valence-electron chi connectivity index (χ4n) is 2.11. The van der Waals surface area contributed by atoms with Crippen molar-refractivity contribution in [3.8, 4) is 0 Å². The van der Waals surface area contributed by atoms with Gasteiger partial charge in [-0.25, -0.2) is 0 Å². The summed E-state index contributed by atoms with van der Waals surface area (Å²) < 4.78 is 0. The van der Waals surface area contributed by atoms with Crippen LogP contribution < -0.4 is 16.0 Å². The van der Waals surface area contributed by atoms with Crippen LogP contribution in [0.2, 0.25) is 0 Å². The van der Waals surface area contributed by atoms with Gasteiger partial charge in [-0.2, -0.15) is 0 Å². The second kappa shape index (κ2) is 9.36. The Hall–Kier alpha value is -2.37. The van der Waals surface area contributed by atoms with Gasteiger partial charge >= 0.3 is 0 Å². The summed E-state index contributed by atoms with van der Waals surface area (Å²) in [5, 5.41) is 8.44. The van der Waals surface area contributed by atoms with Crippen LogP contribution in [-0.2, 0) is 9.59 Å². The fraction of sp³-hybridized carbons (Fsp3) is 0.550. The molecule has 0 spiro atoms. The molecule has 6 nitrogen and oxygen atoms in total. The molecule has 0 aliphatic carbocycles. The number of aryl methyl sites for hydroxylation is 1. The minimum absolute atomic E-state index is 0.0850. The Labute approximate surface area is 156 Å². The number of rotatable bonds is 7. The van der Waals surface area contributed by atoms with Crippen molar-refractivity contribution in [2.24, 2.45) is 11.3 Å². The first kappa shape index (κ1) is 21.7. The van der Waals surface area contributed by atoms with Crippen LogP contribution in [0.15, 0.2) is 18.2 Å². The molecule has 144 valence electrons. The number of hydrogen-bond donors (Lipinski definition) is 3. The van der Waals surface area contributed by atoms with Crippen LogP contribution >= 0.6 is 0 Å². The number of amides is 3. The Bertz CT molecular complexity index is 661. The van der Waals surface area contributed by atoms with E-state index in [2.05, 4.69) is 16.0 Å². The molecule has 3 N–H and O–H groups in total. The van der Waals surface area contributed by atoms with E-state index in [1.807, 2.05) is 41.5 Å². The standard InChI is InChI=1S/C20H31N3O3/c1-13(2)12-22-18(25)15-7-8-16(14(3)11-15)23-17(24)9-10-21-19(26)20(4,5)6/h7-8,11,13H,9-10,12H2,1-6H3,(H,21,26)(H,22,25)(H,23,24). The molecule has 1 aromatic rings. The van der Waals surface area contributed by atoms with Crippen molar-refractivity contribution in [2.75, 3.05) is 18.4 Å². The Kier molecular flexibility index (Phi) is 7.80. The van der Waals surface area contributed by atoms with E-state index >= 15 is 0 Å². The summed E-state index contributed by atoms with van der Waals surface area (Å²) in [6, 6.07) is 5.18. The third kappa shape index (κ3) is 7.25. The van der Waals surface area contributed by atoms with Crippen molar-refractivity contribution in [2.45, 2.75) is 48.0 Å². The summed E-state index contributed by atoms with van der Waals surface area (Å²) in [6.07, 6.45) is 0.192. The summed E-state index contributed by atoms with van der Waals surface area (Å²) in [5.74, 6) is -0.000450. The zero-order chi connectivity index (χ0) is 19.9. The first-order chi connectivity index (χ1) is 12.0. The van der Waals surface area contributed by atoms with Gasteiger partial charge < -0.3 is 16.0 Å². The molecule has 0 unspecified atom stereocenters. The quantitative estimate of drug-likeness (QED) is 0.698. The summed E-state index contributed by atoms with van der Waals surface area (Å²) in [6.45, 7) is 12.3. The number of nitrogens with one attached hydrogen (secondary N) is 3. The number of anilines is 1. The zero-order valence-electron chi connectivity index (χ0n) is 16.7. The second-order valence-corrected chi connectivity index (χ2v) is 7.94. The van der Waals surface area contributed by atoms with Gasteiger partial charge in [-0.05, 0) is 36.6 Å². The average Bonchev–Trinajstić information content (AvgIpc) is 2.53. The molecule has 1 aromatic carbocycles. The van der Waals surface area contributed by atoms with Crippen molar-refractivity contribution < 1.29 is 14.4 Å². The molecule has 0 aromatic heterocycles. The molecule has 0 fully saturated rings. The lowest BCUT2D eigenvalue weighted by Gasteiger charge is -2.17. The fourth-order valence-corrected chi connectivity index (χ4v) is 2.11. The SMILES string of the molecule is Cc1cc(C(=O)NCC(C)C)ccc1NC(=O)CCNC(=O)C(C)(C)C. The third-order valence-electron chi connectivity index (χ3n) is 3.75. The van der Waals surface area contributed by atoms with Gasteiger partial charge in [0.25, 0.3) is 5.91 Å². The van der Waals surface area contributed by atoms with E-state index in [0.717, 1.165) is 5.56 Å². The molecule has 1 rings (SSSR count). The van der Waals surface area contributed by atoms with Crippen LogP contribution in [0.5, 0.6) is 0 Å². The minimum Gasteiger partial charge on any atom is -0.355 e. The molecule has 26 heavy (non-hydrogen) atoms. The van der Waals surface area contributed by atoms with Crippen LogP contribution in [0.1, 0.15) is 57.0 Å². The van der Waals surface area contributed by atoms with Crippen LogP contribution in [-0.4, -0.2) is 30.8 Å². The molecule has 0 heterocycles. The lowest BCUT2D eigenvalue weighted by Crippen LogP contribution is -2.36. The topological polar surface area (TPSA) is 87.3 Å². The first-order valence-corrected chi connectivity index (χ1v) is 8.97. The van der Waals surface area contributed by atoms with Crippen molar-refractivity contribution >= 4 is 23.4 Å². The molecule has 0 saturated carbocycles. The smallest absolute Gasteiger partial charge is 0.251 e. The van der Waals surface area contributed by atoms with E-state index in [0.29, 0.717) is 23.7 Å². The molecule has 0 aliphatic heterocycles. The summed E-state index contributed by atoms with van der Waals surface area (Å²) >= 11 is 0. The van der Waals surface area contributed by atoms with Gasteiger partial charge in [0, 0.05) is 36.2 Å². The Balaban J connectivity index is 2.56. The van der Waals surface area contributed by atoms with Crippen molar-refractivity contribution in [1.29, 1.82) is 0 Å². The minimum atomic E-state index is -0.473. The highest BCUT2D eigenvalue weighted by molar-refractivity contribution is 5.96. The van der Waals surface area contributed by atoms with Crippen LogP contribution in [0.3, 0.4) is 0 Å². The van der Waals surface area contributed by atoms with Gasteiger partial charge in [-0.3, -0.25) is 14.4 Å². The van der Waals surface area contributed by atoms with Gasteiger partial charge in [0.05, 0.1) is 0 Å². The highest BCUT2D eigenvalue weighted by Gasteiger charge is 2.20. The Morgan fingerprint density at radius 3 is 2.27 bits per heavy atom. The summed E-state index contributed by atoms with van der Waals surface area (Å²) in [4.78, 5) is 35.9. The number of hydrogen-bond acceptors (Lipinski definition) is 3. The van der Waals surface area contributed by atoms with E-state index in [4.69, 9.17) is 0 Å². The number of benzene rings is 1. The molecule has 0 aliphatic rings. The average molecular weight is 361 g/mol. The molecule has 0 atom stereocenters. The normalized spacial score (nSPS) is 11.2. The van der Waals surface area contributed by atoms with Crippen LogP contribution in [0.25, 0.3) is 0 Å². The van der Waals surface area contributed by atoms with E-state index in [9.17, 15) is 14.4 Å². The van der Waals surface area contributed by atoms with Crippen LogP contribution in [0, 0.1) is 18.3 Å². The Morgan fingerprint density at radius 2 is 1.73 bits per heavy atom. The molecule has 3 amide bonds. The van der Waals surface area contributed by atoms with E-state index < -0.39 is 5.41 Å². The lowest BCUT2D eigenvalue weighted by molar-refractivity contribution is -0.128. The van der Waals surface area contributed by atoms with Gasteiger partial charge in [0.2, 0.25) is 11.8 Å². The number of carbonyl (C=O) groups excluding carboxylic acids is 3.